The molecule has 8 nitrogen and oxygen atoms in total. The fourth-order valence-electron chi connectivity index (χ4n) is 4.40. The van der Waals surface area contributed by atoms with Crippen molar-refractivity contribution in [1.29, 1.82) is 0 Å². The Hall–Kier alpha value is -3.95. The van der Waals surface area contributed by atoms with Gasteiger partial charge in [0.05, 0.1) is 23.2 Å². The molecule has 1 aromatic heterocycles. The van der Waals surface area contributed by atoms with Crippen molar-refractivity contribution in [3.05, 3.63) is 94.8 Å². The number of benzene rings is 3. The summed E-state index contributed by atoms with van der Waals surface area (Å²) in [6.07, 6.45) is 1.22. The first-order valence-corrected chi connectivity index (χ1v) is 13.4. The summed E-state index contributed by atoms with van der Waals surface area (Å²) in [5, 5.41) is 3.77. The van der Waals surface area contributed by atoms with Crippen LogP contribution in [0.4, 0.5) is 11.4 Å². The van der Waals surface area contributed by atoms with Crippen LogP contribution in [0, 0.1) is 0 Å². The van der Waals surface area contributed by atoms with Crippen LogP contribution in [0.15, 0.2) is 88.1 Å². The van der Waals surface area contributed by atoms with E-state index in [-0.39, 0.29) is 5.91 Å². The first-order valence-electron chi connectivity index (χ1n) is 11.5. The third-order valence-corrected chi connectivity index (χ3v) is 7.58. The zero-order chi connectivity index (χ0) is 25.3. The Morgan fingerprint density at radius 1 is 0.889 bits per heavy atom. The summed E-state index contributed by atoms with van der Waals surface area (Å²) in [7, 11) is -3.23. The highest BCUT2D eigenvalue weighted by atomic mass is 32.2. The molecule has 1 saturated heterocycles. The lowest BCUT2D eigenvalue weighted by Gasteiger charge is -2.35. The van der Waals surface area contributed by atoms with Crippen LogP contribution in [0.25, 0.3) is 22.1 Å². The molecule has 1 fully saturated rings. The predicted octanol–water partition coefficient (Wildman–Crippen LogP) is 3.79. The van der Waals surface area contributed by atoms with Crippen molar-refractivity contribution in [3.8, 4) is 11.1 Å². The van der Waals surface area contributed by atoms with E-state index in [1.54, 1.807) is 42.5 Å². The highest BCUT2D eigenvalue weighted by Crippen LogP contribution is 2.28. The molecule has 0 aliphatic carbocycles. The molecule has 4 aromatic rings. The number of sulfonamides is 1. The van der Waals surface area contributed by atoms with Gasteiger partial charge in [0, 0.05) is 37.1 Å². The lowest BCUT2D eigenvalue weighted by molar-refractivity contribution is 0.102. The van der Waals surface area contributed by atoms with Crippen molar-refractivity contribution >= 4 is 38.3 Å². The number of para-hydroxylation sites is 3. The number of anilines is 2. The van der Waals surface area contributed by atoms with Gasteiger partial charge in [-0.25, -0.2) is 13.2 Å². The molecule has 3 aromatic carbocycles. The van der Waals surface area contributed by atoms with Crippen molar-refractivity contribution in [2.75, 3.05) is 42.7 Å². The third-order valence-electron chi connectivity index (χ3n) is 6.28. The SMILES string of the molecule is CS(=O)(=O)N1CCN(c2ccccc2NC(=O)c2cccc(-c3cc4ccccc4oc3=O)c2)CC1. The van der Waals surface area contributed by atoms with E-state index >= 15 is 0 Å². The first kappa shape index (κ1) is 23.8. The fourth-order valence-corrected chi connectivity index (χ4v) is 5.23. The molecule has 5 rings (SSSR count). The smallest absolute Gasteiger partial charge is 0.344 e. The lowest BCUT2D eigenvalue weighted by Crippen LogP contribution is -2.48. The Morgan fingerprint density at radius 3 is 2.39 bits per heavy atom. The number of carbonyl (C=O) groups excluding carboxylic acids is 1. The highest BCUT2D eigenvalue weighted by molar-refractivity contribution is 7.88. The zero-order valence-electron chi connectivity index (χ0n) is 19.7. The maximum atomic E-state index is 13.2. The fraction of sp³-hybridized carbons (Fsp3) is 0.185. The van der Waals surface area contributed by atoms with E-state index in [2.05, 4.69) is 10.2 Å². The molecule has 0 saturated carbocycles. The normalized spacial score (nSPS) is 14.6. The van der Waals surface area contributed by atoms with Gasteiger partial charge in [-0.3, -0.25) is 4.79 Å². The summed E-state index contributed by atoms with van der Waals surface area (Å²) in [6, 6.07) is 23.4. The average molecular weight is 504 g/mol. The van der Waals surface area contributed by atoms with Crippen molar-refractivity contribution < 1.29 is 17.6 Å². The maximum absolute atomic E-state index is 13.2. The summed E-state index contributed by atoms with van der Waals surface area (Å²) in [4.78, 5) is 27.9. The van der Waals surface area contributed by atoms with Crippen LogP contribution in [0.1, 0.15) is 10.4 Å². The van der Waals surface area contributed by atoms with Crippen LogP contribution in [-0.4, -0.2) is 51.1 Å². The van der Waals surface area contributed by atoms with E-state index in [9.17, 15) is 18.0 Å². The minimum absolute atomic E-state index is 0.316. The van der Waals surface area contributed by atoms with Crippen LogP contribution >= 0.6 is 0 Å². The van der Waals surface area contributed by atoms with Gasteiger partial charge < -0.3 is 14.6 Å². The summed E-state index contributed by atoms with van der Waals surface area (Å²) >= 11 is 0. The molecule has 184 valence electrons. The molecular weight excluding hydrogens is 478 g/mol. The summed E-state index contributed by atoms with van der Waals surface area (Å²) in [6.45, 7) is 1.81. The molecule has 1 N–H and O–H groups in total. The number of carbonyl (C=O) groups is 1. The van der Waals surface area contributed by atoms with E-state index in [0.29, 0.717) is 54.1 Å². The van der Waals surface area contributed by atoms with E-state index in [1.165, 1.54) is 10.6 Å². The predicted molar refractivity (Wildman–Crippen MR) is 141 cm³/mol. The molecule has 1 aliphatic heterocycles. The quantitative estimate of drug-likeness (QED) is 0.416. The van der Waals surface area contributed by atoms with E-state index in [0.717, 1.165) is 11.1 Å². The second-order valence-electron chi connectivity index (χ2n) is 8.69. The second kappa shape index (κ2) is 9.60. The molecule has 0 unspecified atom stereocenters. The standard InChI is InChI=1S/C27H25N3O5S/c1-36(33,34)30-15-13-29(14-16-30)24-11-4-3-10-23(24)28-26(31)21-9-6-8-19(17-21)22-18-20-7-2-5-12-25(20)35-27(22)32/h2-12,17-18H,13-16H2,1H3,(H,28,31). The summed E-state index contributed by atoms with van der Waals surface area (Å²) in [5.74, 6) is -0.316. The summed E-state index contributed by atoms with van der Waals surface area (Å²) < 4.78 is 30.6. The van der Waals surface area contributed by atoms with Gasteiger partial charge in [-0.05, 0) is 42.0 Å². The van der Waals surface area contributed by atoms with Gasteiger partial charge >= 0.3 is 5.63 Å². The van der Waals surface area contributed by atoms with Gasteiger partial charge in [-0.15, -0.1) is 0 Å². The number of nitrogens with one attached hydrogen (secondary N) is 1. The minimum Gasteiger partial charge on any atom is -0.422 e. The minimum atomic E-state index is -3.23. The number of amides is 1. The average Bonchev–Trinajstić information content (AvgIpc) is 2.88. The van der Waals surface area contributed by atoms with Crippen LogP contribution in [0.3, 0.4) is 0 Å². The second-order valence-corrected chi connectivity index (χ2v) is 10.7. The molecule has 2 heterocycles. The van der Waals surface area contributed by atoms with Gasteiger partial charge in [-0.1, -0.05) is 42.5 Å². The molecule has 1 aliphatic rings. The van der Waals surface area contributed by atoms with Crippen LogP contribution in [0.2, 0.25) is 0 Å². The highest BCUT2D eigenvalue weighted by Gasteiger charge is 2.25. The van der Waals surface area contributed by atoms with Crippen LogP contribution < -0.4 is 15.8 Å². The van der Waals surface area contributed by atoms with Crippen molar-refractivity contribution in [1.82, 2.24) is 4.31 Å². The Balaban J connectivity index is 1.38. The van der Waals surface area contributed by atoms with Gasteiger partial charge in [0.15, 0.2) is 0 Å². The van der Waals surface area contributed by atoms with E-state index in [1.807, 2.05) is 36.4 Å². The van der Waals surface area contributed by atoms with E-state index < -0.39 is 15.6 Å². The Bertz CT molecular complexity index is 1610. The molecule has 0 bridgehead atoms. The molecule has 0 radical (unpaired) electrons. The Kier molecular flexibility index (Phi) is 6.34. The number of fused-ring (bicyclic) bond motifs is 1. The molecule has 0 atom stereocenters. The van der Waals surface area contributed by atoms with Crippen molar-refractivity contribution in [3.63, 3.8) is 0 Å². The lowest BCUT2D eigenvalue weighted by atomic mass is 10.0. The number of piperazine rings is 1. The van der Waals surface area contributed by atoms with Crippen molar-refractivity contribution in [2.45, 2.75) is 0 Å². The molecule has 9 heteroatoms. The van der Waals surface area contributed by atoms with Crippen LogP contribution in [-0.2, 0) is 10.0 Å². The topological polar surface area (TPSA) is 99.9 Å². The molecule has 0 spiro atoms. The van der Waals surface area contributed by atoms with Gasteiger partial charge in [0.1, 0.15) is 5.58 Å². The summed E-state index contributed by atoms with van der Waals surface area (Å²) in [5.41, 5.74) is 2.87. The van der Waals surface area contributed by atoms with E-state index in [4.69, 9.17) is 4.42 Å². The number of hydrogen-bond acceptors (Lipinski definition) is 6. The number of rotatable bonds is 5. The third kappa shape index (κ3) is 4.89. The molecular formula is C27H25N3O5S. The maximum Gasteiger partial charge on any atom is 0.344 e. The van der Waals surface area contributed by atoms with Gasteiger partial charge in [0.2, 0.25) is 10.0 Å². The monoisotopic (exact) mass is 503 g/mol. The van der Waals surface area contributed by atoms with Gasteiger partial charge in [0.25, 0.3) is 5.91 Å². The zero-order valence-corrected chi connectivity index (χ0v) is 20.5. The number of nitrogens with zero attached hydrogens (tertiary/aromatic N) is 2. The number of hydrogen-bond donors (Lipinski definition) is 1. The first-order chi connectivity index (χ1) is 17.3. The van der Waals surface area contributed by atoms with Crippen molar-refractivity contribution in [2.24, 2.45) is 0 Å². The Labute approximate surface area is 208 Å². The molecule has 1 amide bonds. The van der Waals surface area contributed by atoms with Gasteiger partial charge in [-0.2, -0.15) is 4.31 Å². The Morgan fingerprint density at radius 2 is 1.61 bits per heavy atom. The molecule has 36 heavy (non-hydrogen) atoms. The van der Waals surface area contributed by atoms with Crippen LogP contribution in [0.5, 0.6) is 0 Å². The largest absolute Gasteiger partial charge is 0.422 e.